The minimum Gasteiger partial charge on any atom is -0.478 e. The molecule has 0 amide bonds. The van der Waals surface area contributed by atoms with Gasteiger partial charge in [-0.1, -0.05) is 47.6 Å². The summed E-state index contributed by atoms with van der Waals surface area (Å²) in [5.74, 6) is -0.209. The highest BCUT2D eigenvalue weighted by Gasteiger charge is 2.16. The van der Waals surface area contributed by atoms with Crippen molar-refractivity contribution in [1.82, 2.24) is 5.16 Å². The van der Waals surface area contributed by atoms with Gasteiger partial charge in [-0.15, -0.1) is 0 Å². The summed E-state index contributed by atoms with van der Waals surface area (Å²) in [6.45, 7) is 1.87. The van der Waals surface area contributed by atoms with Gasteiger partial charge in [-0.3, -0.25) is 0 Å². The minimum absolute atomic E-state index is 0.250. The molecular formula is C17H13NO3. The van der Waals surface area contributed by atoms with E-state index in [2.05, 4.69) is 5.16 Å². The smallest absolute Gasteiger partial charge is 0.335 e. The van der Waals surface area contributed by atoms with E-state index in [1.807, 2.05) is 37.3 Å². The lowest BCUT2D eigenvalue weighted by molar-refractivity contribution is 0.0697. The van der Waals surface area contributed by atoms with Gasteiger partial charge in [0.1, 0.15) is 11.5 Å². The fraction of sp³-hybridized carbons (Fsp3) is 0.0588. The van der Waals surface area contributed by atoms with E-state index in [-0.39, 0.29) is 5.56 Å². The number of carbonyl (C=O) groups is 1. The molecule has 0 aliphatic rings. The first-order valence-electron chi connectivity index (χ1n) is 6.52. The maximum absolute atomic E-state index is 10.9. The van der Waals surface area contributed by atoms with Crippen molar-refractivity contribution in [2.75, 3.05) is 0 Å². The molecule has 1 aromatic heterocycles. The number of carboxylic acid groups (broad SMARTS) is 1. The molecule has 0 bridgehead atoms. The zero-order valence-corrected chi connectivity index (χ0v) is 11.4. The van der Waals surface area contributed by atoms with Gasteiger partial charge in [0.25, 0.3) is 0 Å². The normalized spacial score (nSPS) is 10.5. The van der Waals surface area contributed by atoms with Crippen LogP contribution in [-0.4, -0.2) is 16.2 Å². The predicted molar refractivity (Wildman–Crippen MR) is 79.1 cm³/mol. The summed E-state index contributed by atoms with van der Waals surface area (Å²) in [5, 5.41) is 13.1. The van der Waals surface area contributed by atoms with E-state index >= 15 is 0 Å². The quantitative estimate of drug-likeness (QED) is 0.786. The number of aromatic carboxylic acids is 1. The van der Waals surface area contributed by atoms with Crippen LogP contribution in [0.1, 0.15) is 16.1 Å². The second kappa shape index (κ2) is 5.25. The maximum Gasteiger partial charge on any atom is 0.335 e. The molecule has 4 nitrogen and oxygen atoms in total. The van der Waals surface area contributed by atoms with Crippen molar-refractivity contribution in [3.05, 3.63) is 65.9 Å². The van der Waals surface area contributed by atoms with Crippen molar-refractivity contribution in [1.29, 1.82) is 0 Å². The van der Waals surface area contributed by atoms with Gasteiger partial charge in [0.15, 0.2) is 0 Å². The Hall–Kier alpha value is -2.88. The molecule has 0 spiro atoms. The summed E-state index contributed by atoms with van der Waals surface area (Å²) in [7, 11) is 0. The Bertz CT molecular complexity index is 774. The third-order valence-electron chi connectivity index (χ3n) is 3.33. The van der Waals surface area contributed by atoms with Crippen LogP contribution >= 0.6 is 0 Å². The Kier molecular flexibility index (Phi) is 3.28. The number of benzene rings is 2. The fourth-order valence-corrected chi connectivity index (χ4v) is 2.28. The van der Waals surface area contributed by atoms with Crippen molar-refractivity contribution in [3.63, 3.8) is 0 Å². The number of hydrogen-bond acceptors (Lipinski definition) is 3. The van der Waals surface area contributed by atoms with E-state index in [1.165, 1.54) is 0 Å². The van der Waals surface area contributed by atoms with Gasteiger partial charge in [-0.05, 0) is 24.6 Å². The van der Waals surface area contributed by atoms with Gasteiger partial charge in [-0.2, -0.15) is 0 Å². The molecule has 21 heavy (non-hydrogen) atoms. The third-order valence-corrected chi connectivity index (χ3v) is 3.33. The molecule has 1 heterocycles. The van der Waals surface area contributed by atoms with E-state index in [0.29, 0.717) is 0 Å². The van der Waals surface area contributed by atoms with Crippen LogP contribution in [0.3, 0.4) is 0 Å². The van der Waals surface area contributed by atoms with Gasteiger partial charge in [-0.25, -0.2) is 4.79 Å². The number of hydrogen-bond donors (Lipinski definition) is 1. The van der Waals surface area contributed by atoms with Gasteiger partial charge in [0.2, 0.25) is 0 Å². The number of aromatic nitrogens is 1. The first-order chi connectivity index (χ1) is 10.2. The maximum atomic E-state index is 10.9. The lowest BCUT2D eigenvalue weighted by Crippen LogP contribution is -1.95. The predicted octanol–water partition coefficient (Wildman–Crippen LogP) is 4.02. The average Bonchev–Trinajstić information content (AvgIpc) is 2.90. The lowest BCUT2D eigenvalue weighted by Gasteiger charge is -2.03. The van der Waals surface area contributed by atoms with E-state index in [1.54, 1.807) is 24.3 Å². The Morgan fingerprint density at radius 2 is 1.67 bits per heavy atom. The minimum atomic E-state index is -0.943. The zero-order chi connectivity index (χ0) is 14.8. The van der Waals surface area contributed by atoms with E-state index < -0.39 is 5.97 Å². The summed E-state index contributed by atoms with van der Waals surface area (Å²) in [6, 6.07) is 16.5. The Morgan fingerprint density at radius 1 is 1.00 bits per heavy atom. The Morgan fingerprint density at radius 3 is 2.29 bits per heavy atom. The highest BCUT2D eigenvalue weighted by Crippen LogP contribution is 2.34. The molecule has 0 fully saturated rings. The topological polar surface area (TPSA) is 63.3 Å². The van der Waals surface area contributed by atoms with Crippen LogP contribution in [-0.2, 0) is 0 Å². The SMILES string of the molecule is Cc1onc(-c2ccc(C(=O)O)cc2)c1-c1ccccc1. The van der Waals surface area contributed by atoms with Crippen molar-refractivity contribution in [2.45, 2.75) is 6.92 Å². The second-order valence-corrected chi connectivity index (χ2v) is 4.71. The Balaban J connectivity index is 2.10. The van der Waals surface area contributed by atoms with Crippen LogP contribution in [0.4, 0.5) is 0 Å². The van der Waals surface area contributed by atoms with Crippen molar-refractivity contribution >= 4 is 5.97 Å². The number of nitrogens with zero attached hydrogens (tertiary/aromatic N) is 1. The molecular weight excluding hydrogens is 266 g/mol. The van der Waals surface area contributed by atoms with Crippen LogP contribution < -0.4 is 0 Å². The van der Waals surface area contributed by atoms with E-state index in [4.69, 9.17) is 9.63 Å². The van der Waals surface area contributed by atoms with Gasteiger partial charge in [0, 0.05) is 5.56 Å². The molecule has 0 radical (unpaired) electrons. The number of rotatable bonds is 3. The molecule has 104 valence electrons. The zero-order valence-electron chi connectivity index (χ0n) is 11.4. The van der Waals surface area contributed by atoms with Crippen LogP contribution in [0.15, 0.2) is 59.1 Å². The third kappa shape index (κ3) is 2.43. The fourth-order valence-electron chi connectivity index (χ4n) is 2.28. The Labute approximate surface area is 121 Å². The molecule has 0 aliphatic carbocycles. The molecule has 0 aliphatic heterocycles. The molecule has 3 aromatic rings. The summed E-state index contributed by atoms with van der Waals surface area (Å²) in [5.41, 5.74) is 3.75. The molecule has 2 aromatic carbocycles. The number of aryl methyl sites for hydroxylation is 1. The molecule has 1 N–H and O–H groups in total. The number of carboxylic acids is 1. The standard InChI is InChI=1S/C17H13NO3/c1-11-15(12-5-3-2-4-6-12)16(18-21-11)13-7-9-14(10-8-13)17(19)20/h2-10H,1H3,(H,19,20). The summed E-state index contributed by atoms with van der Waals surface area (Å²) in [6.07, 6.45) is 0. The molecule has 0 saturated carbocycles. The van der Waals surface area contributed by atoms with Gasteiger partial charge in [0.05, 0.1) is 11.1 Å². The van der Waals surface area contributed by atoms with Crippen LogP contribution in [0.25, 0.3) is 22.4 Å². The molecule has 0 saturated heterocycles. The van der Waals surface area contributed by atoms with Crippen LogP contribution in [0.5, 0.6) is 0 Å². The van der Waals surface area contributed by atoms with Crippen molar-refractivity contribution in [3.8, 4) is 22.4 Å². The molecule has 0 atom stereocenters. The highest BCUT2D eigenvalue weighted by molar-refractivity contribution is 5.89. The molecule has 4 heteroatoms. The van der Waals surface area contributed by atoms with Crippen molar-refractivity contribution < 1.29 is 14.4 Å². The second-order valence-electron chi connectivity index (χ2n) is 4.71. The summed E-state index contributed by atoms with van der Waals surface area (Å²) >= 11 is 0. The first-order valence-corrected chi connectivity index (χ1v) is 6.52. The van der Waals surface area contributed by atoms with Crippen LogP contribution in [0.2, 0.25) is 0 Å². The lowest BCUT2D eigenvalue weighted by atomic mass is 9.99. The van der Waals surface area contributed by atoms with Crippen LogP contribution in [0, 0.1) is 6.92 Å². The first kappa shape index (κ1) is 13.1. The van der Waals surface area contributed by atoms with E-state index in [9.17, 15) is 4.79 Å². The van der Waals surface area contributed by atoms with E-state index in [0.717, 1.165) is 28.1 Å². The highest BCUT2D eigenvalue weighted by atomic mass is 16.5. The van der Waals surface area contributed by atoms with Gasteiger partial charge >= 0.3 is 5.97 Å². The largest absolute Gasteiger partial charge is 0.478 e. The average molecular weight is 279 g/mol. The molecule has 3 rings (SSSR count). The van der Waals surface area contributed by atoms with Gasteiger partial charge < -0.3 is 9.63 Å². The summed E-state index contributed by atoms with van der Waals surface area (Å²) < 4.78 is 5.32. The summed E-state index contributed by atoms with van der Waals surface area (Å²) in [4.78, 5) is 10.9. The molecule has 0 unspecified atom stereocenters. The van der Waals surface area contributed by atoms with Crippen molar-refractivity contribution in [2.24, 2.45) is 0 Å². The monoisotopic (exact) mass is 279 g/mol.